The second-order valence-electron chi connectivity index (χ2n) is 4.71. The molecule has 2 aromatic heterocycles. The molecule has 0 bridgehead atoms. The summed E-state index contributed by atoms with van der Waals surface area (Å²) in [6.45, 7) is 0.710. The van der Waals surface area contributed by atoms with E-state index in [2.05, 4.69) is 30.9 Å². The van der Waals surface area contributed by atoms with Crippen molar-refractivity contribution in [3.05, 3.63) is 4.73 Å². The fourth-order valence-electron chi connectivity index (χ4n) is 2.33. The van der Waals surface area contributed by atoms with Gasteiger partial charge in [0.15, 0.2) is 21.7 Å². The molecule has 0 radical (unpaired) electrons. The molecule has 2 aromatic rings. The smallest absolute Gasteiger partial charge is 0.320 e. The number of ether oxygens (including phenoxy) is 2. The molecule has 1 atom stereocenters. The number of nitrogens with two attached hydrogens (primary N) is 1. The van der Waals surface area contributed by atoms with E-state index in [9.17, 15) is 0 Å². The van der Waals surface area contributed by atoms with Crippen molar-refractivity contribution in [2.75, 3.05) is 25.6 Å². The molecule has 21 heavy (non-hydrogen) atoms. The molecule has 1 saturated heterocycles. The summed E-state index contributed by atoms with van der Waals surface area (Å²) in [4.78, 5) is 12.7. The number of halogens is 1. The summed E-state index contributed by atoms with van der Waals surface area (Å²) in [5.74, 6) is 0.239. The van der Waals surface area contributed by atoms with Crippen molar-refractivity contribution in [2.45, 2.75) is 25.5 Å². The summed E-state index contributed by atoms with van der Waals surface area (Å²) >= 11 is 3.42. The SMILES string of the molecule is Nc1nc(OCCO)nc2c1nc(Br)n2C1CCCCO1. The number of nitrogens with zero attached hydrogens (tertiary/aromatic N) is 4. The lowest BCUT2D eigenvalue weighted by molar-refractivity contribution is -0.0311. The van der Waals surface area contributed by atoms with E-state index in [1.165, 1.54) is 0 Å². The molecule has 9 heteroatoms. The first kappa shape index (κ1) is 14.5. The van der Waals surface area contributed by atoms with Gasteiger partial charge in [0, 0.05) is 6.61 Å². The topological polar surface area (TPSA) is 108 Å². The Morgan fingerprint density at radius 1 is 1.38 bits per heavy atom. The van der Waals surface area contributed by atoms with Crippen LogP contribution in [-0.4, -0.2) is 44.4 Å². The Kier molecular flexibility index (Phi) is 4.22. The highest BCUT2D eigenvalue weighted by molar-refractivity contribution is 9.10. The van der Waals surface area contributed by atoms with E-state index in [1.54, 1.807) is 0 Å². The molecule has 1 aliphatic rings. The van der Waals surface area contributed by atoms with Gasteiger partial charge in [0.2, 0.25) is 0 Å². The van der Waals surface area contributed by atoms with Gasteiger partial charge in [-0.3, -0.25) is 4.57 Å². The van der Waals surface area contributed by atoms with Crippen LogP contribution in [0.3, 0.4) is 0 Å². The molecular weight excluding hydrogens is 342 g/mol. The highest BCUT2D eigenvalue weighted by atomic mass is 79.9. The standard InChI is InChI=1S/C12H16BrN5O3/c13-11-15-8-9(14)16-12(21-6-4-19)17-10(8)18(11)7-3-1-2-5-20-7/h7,19H,1-6H2,(H2,14,16,17). The van der Waals surface area contributed by atoms with E-state index in [4.69, 9.17) is 20.3 Å². The van der Waals surface area contributed by atoms with Crippen molar-refractivity contribution in [1.29, 1.82) is 0 Å². The maximum absolute atomic E-state index is 8.82. The predicted octanol–water partition coefficient (Wildman–Crippen LogP) is 1.24. The third kappa shape index (κ3) is 2.81. The Balaban J connectivity index is 2.05. The van der Waals surface area contributed by atoms with Gasteiger partial charge in [-0.15, -0.1) is 0 Å². The van der Waals surface area contributed by atoms with E-state index in [0.29, 0.717) is 22.5 Å². The molecule has 0 aliphatic carbocycles. The van der Waals surface area contributed by atoms with Crippen LogP contribution >= 0.6 is 15.9 Å². The Labute approximate surface area is 129 Å². The normalized spacial score (nSPS) is 19.0. The number of anilines is 1. The summed E-state index contributed by atoms with van der Waals surface area (Å²) in [5, 5.41) is 8.82. The van der Waals surface area contributed by atoms with Crippen molar-refractivity contribution in [2.24, 2.45) is 0 Å². The molecule has 1 aliphatic heterocycles. The van der Waals surface area contributed by atoms with Crippen LogP contribution < -0.4 is 10.5 Å². The second kappa shape index (κ2) is 6.12. The number of nitrogen functional groups attached to an aromatic ring is 1. The molecule has 1 fully saturated rings. The van der Waals surface area contributed by atoms with E-state index in [-0.39, 0.29) is 31.3 Å². The Morgan fingerprint density at radius 2 is 2.24 bits per heavy atom. The Bertz CT molecular complexity index is 641. The van der Waals surface area contributed by atoms with Crippen molar-refractivity contribution in [3.63, 3.8) is 0 Å². The van der Waals surface area contributed by atoms with Crippen LogP contribution in [0.2, 0.25) is 0 Å². The third-order valence-electron chi connectivity index (χ3n) is 3.27. The summed E-state index contributed by atoms with van der Waals surface area (Å²) in [6.07, 6.45) is 2.91. The van der Waals surface area contributed by atoms with Crippen molar-refractivity contribution in [3.8, 4) is 6.01 Å². The van der Waals surface area contributed by atoms with Gasteiger partial charge in [-0.1, -0.05) is 0 Å². The molecule has 8 nitrogen and oxygen atoms in total. The molecule has 0 spiro atoms. The largest absolute Gasteiger partial charge is 0.461 e. The average Bonchev–Trinajstić information content (AvgIpc) is 2.83. The molecule has 3 heterocycles. The number of imidazole rings is 1. The van der Waals surface area contributed by atoms with Crippen molar-refractivity contribution in [1.82, 2.24) is 19.5 Å². The zero-order valence-corrected chi connectivity index (χ0v) is 12.9. The number of aliphatic hydroxyl groups is 1. The first-order valence-corrected chi connectivity index (χ1v) is 7.56. The maximum Gasteiger partial charge on any atom is 0.320 e. The number of hydrogen-bond acceptors (Lipinski definition) is 7. The van der Waals surface area contributed by atoms with E-state index in [0.717, 1.165) is 19.3 Å². The first-order valence-electron chi connectivity index (χ1n) is 6.77. The van der Waals surface area contributed by atoms with Crippen molar-refractivity contribution >= 4 is 32.9 Å². The lowest BCUT2D eigenvalue weighted by Crippen LogP contribution is -2.19. The second-order valence-corrected chi connectivity index (χ2v) is 5.42. The Hall–Kier alpha value is -1.45. The predicted molar refractivity (Wildman–Crippen MR) is 78.9 cm³/mol. The zero-order chi connectivity index (χ0) is 14.8. The van der Waals surface area contributed by atoms with Crippen LogP contribution in [0.1, 0.15) is 25.5 Å². The third-order valence-corrected chi connectivity index (χ3v) is 3.83. The minimum atomic E-state index is -0.127. The van der Waals surface area contributed by atoms with Crippen LogP contribution in [0.5, 0.6) is 6.01 Å². The first-order chi connectivity index (χ1) is 10.2. The molecule has 3 rings (SSSR count). The number of aliphatic hydroxyl groups excluding tert-OH is 1. The fourth-order valence-corrected chi connectivity index (χ4v) is 2.91. The average molecular weight is 358 g/mol. The van der Waals surface area contributed by atoms with Gasteiger partial charge in [0.05, 0.1) is 6.61 Å². The number of rotatable bonds is 4. The van der Waals surface area contributed by atoms with E-state index >= 15 is 0 Å². The number of fused-ring (bicyclic) bond motifs is 1. The Morgan fingerprint density at radius 3 is 2.95 bits per heavy atom. The van der Waals surface area contributed by atoms with Gasteiger partial charge < -0.3 is 20.3 Å². The van der Waals surface area contributed by atoms with E-state index < -0.39 is 0 Å². The highest BCUT2D eigenvalue weighted by Gasteiger charge is 2.24. The molecule has 0 amide bonds. The molecule has 114 valence electrons. The van der Waals surface area contributed by atoms with Crippen LogP contribution in [0.4, 0.5) is 5.82 Å². The monoisotopic (exact) mass is 357 g/mol. The summed E-state index contributed by atoms with van der Waals surface area (Å²) in [5.41, 5.74) is 6.98. The lowest BCUT2D eigenvalue weighted by atomic mass is 10.2. The molecule has 3 N–H and O–H groups in total. The van der Waals surface area contributed by atoms with Gasteiger partial charge >= 0.3 is 6.01 Å². The quantitative estimate of drug-likeness (QED) is 0.792. The lowest BCUT2D eigenvalue weighted by Gasteiger charge is -2.24. The summed E-state index contributed by atoms with van der Waals surface area (Å²) in [6, 6.07) is 0.124. The summed E-state index contributed by atoms with van der Waals surface area (Å²) < 4.78 is 13.5. The van der Waals surface area contributed by atoms with Gasteiger partial charge in [-0.2, -0.15) is 9.97 Å². The van der Waals surface area contributed by atoms with Crippen LogP contribution in [0.15, 0.2) is 4.73 Å². The molecule has 1 unspecified atom stereocenters. The maximum atomic E-state index is 8.82. The highest BCUT2D eigenvalue weighted by Crippen LogP contribution is 2.32. The van der Waals surface area contributed by atoms with Gasteiger partial charge in [0.1, 0.15) is 12.8 Å². The minimum absolute atomic E-state index is 0.111. The van der Waals surface area contributed by atoms with Gasteiger partial charge in [0.25, 0.3) is 0 Å². The minimum Gasteiger partial charge on any atom is -0.461 e. The molecule has 0 aromatic carbocycles. The molecular formula is C12H16BrN5O3. The summed E-state index contributed by atoms with van der Waals surface area (Å²) in [7, 11) is 0. The molecule has 0 saturated carbocycles. The van der Waals surface area contributed by atoms with Gasteiger partial charge in [-0.05, 0) is 35.2 Å². The van der Waals surface area contributed by atoms with Gasteiger partial charge in [-0.25, -0.2) is 4.98 Å². The van der Waals surface area contributed by atoms with Crippen LogP contribution in [0.25, 0.3) is 11.2 Å². The van der Waals surface area contributed by atoms with Crippen LogP contribution in [0, 0.1) is 0 Å². The van der Waals surface area contributed by atoms with E-state index in [1.807, 2.05) is 4.57 Å². The van der Waals surface area contributed by atoms with Crippen LogP contribution in [-0.2, 0) is 4.74 Å². The number of hydrogen-bond donors (Lipinski definition) is 2. The van der Waals surface area contributed by atoms with Crippen molar-refractivity contribution < 1.29 is 14.6 Å². The fraction of sp³-hybridized carbons (Fsp3) is 0.583. The zero-order valence-electron chi connectivity index (χ0n) is 11.3. The number of aromatic nitrogens is 4.